The van der Waals surface area contributed by atoms with Crippen molar-refractivity contribution in [1.29, 1.82) is 0 Å². The van der Waals surface area contributed by atoms with Gasteiger partial charge in [0.1, 0.15) is 5.69 Å². The summed E-state index contributed by atoms with van der Waals surface area (Å²) in [4.78, 5) is 19.3. The van der Waals surface area contributed by atoms with E-state index in [1.54, 1.807) is 24.4 Å². The summed E-state index contributed by atoms with van der Waals surface area (Å²) in [7, 11) is 0. The molecule has 2 saturated carbocycles. The van der Waals surface area contributed by atoms with Crippen molar-refractivity contribution in [2.24, 2.45) is 0 Å². The smallest absolute Gasteiger partial charge is 0.274 e. The standard InChI is InChI=1S/C19H17Cl3N2O/c20-11-3-6-13(16(22)10-11)14-7-8-17(14)24(12-4-5-12)19(25)18-15(21)2-1-9-23-18/h1-3,6,9-10,12,14,17H,4-5,7-8H2. The zero-order valence-corrected chi connectivity index (χ0v) is 15.7. The van der Waals surface area contributed by atoms with Gasteiger partial charge in [-0.25, -0.2) is 4.98 Å². The third-order valence-electron chi connectivity index (χ3n) is 5.09. The van der Waals surface area contributed by atoms with Gasteiger partial charge >= 0.3 is 0 Å². The van der Waals surface area contributed by atoms with E-state index in [1.807, 2.05) is 17.0 Å². The summed E-state index contributed by atoms with van der Waals surface area (Å²) in [5.74, 6) is 0.157. The molecule has 1 heterocycles. The first-order valence-electron chi connectivity index (χ1n) is 8.44. The number of benzene rings is 1. The van der Waals surface area contributed by atoms with Gasteiger partial charge < -0.3 is 4.90 Å². The Labute approximate surface area is 161 Å². The molecule has 6 heteroatoms. The number of carbonyl (C=O) groups excluding carboxylic acids is 1. The number of carbonyl (C=O) groups is 1. The maximum atomic E-state index is 13.1. The van der Waals surface area contributed by atoms with Gasteiger partial charge in [0.2, 0.25) is 0 Å². The zero-order chi connectivity index (χ0) is 17.6. The normalized spacial score (nSPS) is 22.4. The summed E-state index contributed by atoms with van der Waals surface area (Å²) in [6.45, 7) is 0. The SMILES string of the molecule is O=C(c1ncccc1Cl)N(C1CC1)C1CCC1c1ccc(Cl)cc1Cl. The van der Waals surface area contributed by atoms with Gasteiger partial charge in [-0.05, 0) is 55.5 Å². The Balaban J connectivity index is 1.63. The van der Waals surface area contributed by atoms with Gasteiger partial charge in [0.25, 0.3) is 5.91 Å². The number of pyridine rings is 1. The Morgan fingerprint density at radius 2 is 1.84 bits per heavy atom. The second-order valence-electron chi connectivity index (χ2n) is 6.69. The number of aromatic nitrogens is 1. The van der Waals surface area contributed by atoms with Crippen molar-refractivity contribution >= 4 is 40.7 Å². The highest BCUT2D eigenvalue weighted by molar-refractivity contribution is 6.35. The Morgan fingerprint density at radius 3 is 2.44 bits per heavy atom. The van der Waals surface area contributed by atoms with Crippen LogP contribution in [0.5, 0.6) is 0 Å². The summed E-state index contributed by atoms with van der Waals surface area (Å²) in [6.07, 6.45) is 5.66. The van der Waals surface area contributed by atoms with E-state index in [9.17, 15) is 4.79 Å². The molecule has 0 radical (unpaired) electrons. The van der Waals surface area contributed by atoms with Gasteiger partial charge in [0.05, 0.1) is 5.02 Å². The monoisotopic (exact) mass is 394 g/mol. The highest BCUT2D eigenvalue weighted by atomic mass is 35.5. The fraction of sp³-hybridized carbons (Fsp3) is 0.368. The van der Waals surface area contributed by atoms with E-state index in [2.05, 4.69) is 4.98 Å². The molecule has 0 N–H and O–H groups in total. The summed E-state index contributed by atoms with van der Waals surface area (Å²) in [5.41, 5.74) is 1.40. The molecule has 2 aliphatic rings. The third kappa shape index (κ3) is 3.25. The van der Waals surface area contributed by atoms with E-state index in [0.717, 1.165) is 31.2 Å². The van der Waals surface area contributed by atoms with Crippen molar-refractivity contribution < 1.29 is 4.79 Å². The van der Waals surface area contributed by atoms with Gasteiger partial charge in [-0.1, -0.05) is 40.9 Å². The molecule has 3 nitrogen and oxygen atoms in total. The number of halogens is 3. The molecule has 25 heavy (non-hydrogen) atoms. The van der Waals surface area contributed by atoms with Crippen molar-refractivity contribution in [1.82, 2.24) is 9.88 Å². The summed E-state index contributed by atoms with van der Waals surface area (Å²) in [6, 6.07) is 9.47. The van der Waals surface area contributed by atoms with Crippen LogP contribution in [0, 0.1) is 0 Å². The van der Waals surface area contributed by atoms with Crippen molar-refractivity contribution in [3.63, 3.8) is 0 Å². The molecule has 2 atom stereocenters. The third-order valence-corrected chi connectivity index (χ3v) is 5.96. The number of hydrogen-bond donors (Lipinski definition) is 0. The second-order valence-corrected chi connectivity index (χ2v) is 7.95. The van der Waals surface area contributed by atoms with E-state index in [1.165, 1.54) is 0 Å². The highest BCUT2D eigenvalue weighted by Crippen LogP contribution is 2.47. The van der Waals surface area contributed by atoms with E-state index < -0.39 is 0 Å². The van der Waals surface area contributed by atoms with Crippen LogP contribution in [0.25, 0.3) is 0 Å². The van der Waals surface area contributed by atoms with Crippen molar-refractivity contribution in [3.8, 4) is 0 Å². The molecule has 0 saturated heterocycles. The van der Waals surface area contributed by atoms with Gasteiger partial charge in [0.15, 0.2) is 0 Å². The molecule has 0 bridgehead atoms. The topological polar surface area (TPSA) is 33.2 Å². The number of hydrogen-bond acceptors (Lipinski definition) is 2. The average molecular weight is 396 g/mol. The van der Waals surface area contributed by atoms with Crippen LogP contribution in [-0.4, -0.2) is 27.9 Å². The molecular formula is C19H17Cl3N2O. The van der Waals surface area contributed by atoms with Crippen LogP contribution in [0.1, 0.15) is 47.7 Å². The van der Waals surface area contributed by atoms with Gasteiger partial charge in [-0.3, -0.25) is 4.79 Å². The lowest BCUT2D eigenvalue weighted by molar-refractivity contribution is 0.0490. The van der Waals surface area contributed by atoms with Gasteiger partial charge in [-0.2, -0.15) is 0 Å². The van der Waals surface area contributed by atoms with E-state index in [4.69, 9.17) is 34.8 Å². The van der Waals surface area contributed by atoms with Crippen LogP contribution in [0.15, 0.2) is 36.5 Å². The van der Waals surface area contributed by atoms with Crippen LogP contribution >= 0.6 is 34.8 Å². The molecule has 2 fully saturated rings. The van der Waals surface area contributed by atoms with Crippen LogP contribution < -0.4 is 0 Å². The van der Waals surface area contributed by atoms with Gasteiger partial charge in [-0.15, -0.1) is 0 Å². The van der Waals surface area contributed by atoms with Crippen LogP contribution in [0.3, 0.4) is 0 Å². The Hall–Kier alpha value is -1.29. The molecule has 2 aliphatic carbocycles. The summed E-state index contributed by atoms with van der Waals surface area (Å²) in [5, 5.41) is 1.69. The molecule has 130 valence electrons. The number of nitrogens with zero attached hydrogens (tertiary/aromatic N) is 2. The van der Waals surface area contributed by atoms with Crippen molar-refractivity contribution in [2.45, 2.75) is 43.7 Å². The lowest BCUT2D eigenvalue weighted by atomic mass is 9.74. The maximum absolute atomic E-state index is 13.1. The summed E-state index contributed by atoms with van der Waals surface area (Å²) >= 11 is 18.6. The summed E-state index contributed by atoms with van der Waals surface area (Å²) < 4.78 is 0. The Bertz CT molecular complexity index is 822. The van der Waals surface area contributed by atoms with Crippen molar-refractivity contribution in [3.05, 3.63) is 62.9 Å². The lowest BCUT2D eigenvalue weighted by Gasteiger charge is -2.45. The average Bonchev–Trinajstić information content (AvgIpc) is 3.38. The first-order chi connectivity index (χ1) is 12.1. The molecule has 2 unspecified atom stereocenters. The van der Waals surface area contributed by atoms with E-state index >= 15 is 0 Å². The maximum Gasteiger partial charge on any atom is 0.274 e. The predicted molar refractivity (Wildman–Crippen MR) is 101 cm³/mol. The fourth-order valence-electron chi connectivity index (χ4n) is 3.59. The highest BCUT2D eigenvalue weighted by Gasteiger charge is 2.46. The molecule has 1 aromatic heterocycles. The van der Waals surface area contributed by atoms with Crippen LogP contribution in [0.4, 0.5) is 0 Å². The second kappa shape index (κ2) is 6.79. The van der Waals surface area contributed by atoms with Crippen molar-refractivity contribution in [2.75, 3.05) is 0 Å². The lowest BCUT2D eigenvalue weighted by Crippen LogP contribution is -2.50. The van der Waals surface area contributed by atoms with Crippen LogP contribution in [-0.2, 0) is 0 Å². The molecule has 1 amide bonds. The van der Waals surface area contributed by atoms with E-state index in [0.29, 0.717) is 20.8 Å². The Kier molecular flexibility index (Phi) is 4.65. The van der Waals surface area contributed by atoms with Crippen LogP contribution in [0.2, 0.25) is 15.1 Å². The fourth-order valence-corrected chi connectivity index (χ4v) is 4.34. The minimum absolute atomic E-state index is 0.0760. The predicted octanol–water partition coefficient (Wildman–Crippen LogP) is 5.59. The minimum Gasteiger partial charge on any atom is -0.331 e. The molecule has 0 spiro atoms. The van der Waals surface area contributed by atoms with E-state index in [-0.39, 0.29) is 23.9 Å². The Morgan fingerprint density at radius 1 is 1.04 bits per heavy atom. The quantitative estimate of drug-likeness (QED) is 0.676. The first-order valence-corrected chi connectivity index (χ1v) is 9.58. The van der Waals surface area contributed by atoms with Gasteiger partial charge in [0, 0.05) is 34.2 Å². The molecule has 4 rings (SSSR count). The molecule has 0 aliphatic heterocycles. The number of rotatable bonds is 4. The molecular weight excluding hydrogens is 379 g/mol. The number of amides is 1. The zero-order valence-electron chi connectivity index (χ0n) is 13.5. The largest absolute Gasteiger partial charge is 0.331 e. The molecule has 1 aromatic carbocycles. The first kappa shape index (κ1) is 17.1. The minimum atomic E-state index is -0.0760. The molecule has 2 aromatic rings.